The van der Waals surface area contributed by atoms with Crippen molar-refractivity contribution >= 4 is 90.3 Å². The molecule has 4 aliphatic heterocycles. The third-order valence-electron chi connectivity index (χ3n) is 17.8. The lowest BCUT2D eigenvalue weighted by Crippen LogP contribution is -2.72. The zero-order valence-electron chi connectivity index (χ0n) is 49.4. The van der Waals surface area contributed by atoms with Crippen molar-refractivity contribution in [2.75, 3.05) is 0 Å². The zero-order chi connectivity index (χ0) is 59.9. The lowest BCUT2D eigenvalue weighted by Gasteiger charge is -2.54. The Balaban J connectivity index is 1.22. The van der Waals surface area contributed by atoms with Crippen molar-refractivity contribution in [1.29, 1.82) is 0 Å². The van der Waals surface area contributed by atoms with E-state index in [2.05, 4.69) is 364 Å². The summed E-state index contributed by atoms with van der Waals surface area (Å²) in [4.78, 5) is 0. The highest BCUT2D eigenvalue weighted by Crippen LogP contribution is 2.69. The van der Waals surface area contributed by atoms with Crippen molar-refractivity contribution in [2.45, 2.75) is 0 Å². The molecule has 12 aromatic rings. The molecule has 0 N–H and O–H groups in total. The van der Waals surface area contributed by atoms with Gasteiger partial charge in [-0.3, -0.25) is 0 Å². The predicted octanol–water partition coefficient (Wildman–Crippen LogP) is 20.3. The topological polar surface area (TPSA) is 27.7 Å². The summed E-state index contributed by atoms with van der Waals surface area (Å²) < 4.78 is 28.8. The van der Waals surface area contributed by atoms with Crippen LogP contribution in [0, 0.1) is 0 Å². The molecule has 0 radical (unpaired) electrons. The van der Waals surface area contributed by atoms with Crippen LogP contribution in [0.3, 0.4) is 0 Å². The highest BCUT2D eigenvalue weighted by atomic mass is 28.5. The SMILES string of the molecule is c1ccc(C2=C(c3ccccc3)[Si]3(O[Si]4(O[Si]5(O3)C(c3ccccc3)=C(c3ccccc3)C(c3ccccc3)=C5c3ccccc3)C(c3ccccc3)=C(c3ccccc3)C(c3ccccc3)=C4c3ccccc3)C(c3ccccc3)=C2c2ccccc2)cc1. The highest BCUT2D eigenvalue weighted by Gasteiger charge is 2.76. The van der Waals surface area contributed by atoms with E-state index in [1.54, 1.807) is 0 Å². The molecule has 1 saturated heterocycles. The van der Waals surface area contributed by atoms with E-state index in [9.17, 15) is 12.3 Å². The third-order valence-corrected chi connectivity index (χ3v) is 31.9. The van der Waals surface area contributed by atoms with E-state index in [4.69, 9.17) is 0 Å². The molecule has 1 fully saturated rings. The van der Waals surface area contributed by atoms with Crippen molar-refractivity contribution < 1.29 is 12.3 Å². The van der Waals surface area contributed by atoms with Gasteiger partial charge in [0.25, 0.3) is 0 Å². The zero-order valence-corrected chi connectivity index (χ0v) is 52.4. The van der Waals surface area contributed by atoms with Crippen LogP contribution in [0.25, 0.3) is 64.6 Å². The van der Waals surface area contributed by atoms with Crippen LogP contribution < -0.4 is 0 Å². The minimum absolute atomic E-state index is 1.03. The van der Waals surface area contributed by atoms with E-state index >= 15 is 0 Å². The summed E-state index contributed by atoms with van der Waals surface area (Å²) >= 11 is 0. The van der Waals surface area contributed by atoms with Crippen LogP contribution in [-0.2, 0) is 12.3 Å². The minimum Gasteiger partial charge on any atom is -0.402 e. The van der Waals surface area contributed by atoms with E-state index < -0.39 is 25.7 Å². The number of hydrogen-bond acceptors (Lipinski definition) is 3. The molecule has 0 bridgehead atoms. The van der Waals surface area contributed by atoms with Crippen LogP contribution in [0.15, 0.2) is 364 Å². The Labute approximate surface area is 530 Å². The average Bonchev–Trinajstić information content (AvgIpc) is 1.46. The summed E-state index contributed by atoms with van der Waals surface area (Å²) in [6.07, 6.45) is 0. The molecular weight excluding hydrogens is 1140 g/mol. The smallest absolute Gasteiger partial charge is 0.392 e. The second kappa shape index (κ2) is 23.3. The van der Waals surface area contributed by atoms with Crippen LogP contribution in [0.2, 0.25) is 0 Å². The Morgan fingerprint density at radius 1 is 0.122 bits per heavy atom. The van der Waals surface area contributed by atoms with Crippen molar-refractivity contribution in [2.24, 2.45) is 0 Å². The summed E-state index contributed by atoms with van der Waals surface area (Å²) in [5, 5.41) is 6.24. The first-order valence-electron chi connectivity index (χ1n) is 30.9. The molecule has 4 heterocycles. The first-order chi connectivity index (χ1) is 44.7. The Kier molecular flexibility index (Phi) is 14.2. The van der Waals surface area contributed by atoms with Crippen LogP contribution in [0.4, 0.5) is 0 Å². The van der Waals surface area contributed by atoms with Crippen LogP contribution >= 0.6 is 0 Å². The van der Waals surface area contributed by atoms with E-state index in [0.29, 0.717) is 0 Å². The van der Waals surface area contributed by atoms with Gasteiger partial charge in [-0.2, -0.15) is 0 Å². The largest absolute Gasteiger partial charge is 0.402 e. The molecule has 426 valence electrons. The molecule has 12 aromatic carbocycles. The maximum absolute atomic E-state index is 9.59. The van der Waals surface area contributed by atoms with Gasteiger partial charge in [0, 0.05) is 31.2 Å². The van der Waals surface area contributed by atoms with Gasteiger partial charge in [0.1, 0.15) is 0 Å². The molecule has 0 amide bonds. The lowest BCUT2D eigenvalue weighted by molar-refractivity contribution is 0.274. The molecule has 6 heteroatoms. The van der Waals surface area contributed by atoms with Gasteiger partial charge >= 0.3 is 25.7 Å². The average molecular weight is 1200 g/mol. The van der Waals surface area contributed by atoms with E-state index in [0.717, 1.165) is 131 Å². The molecule has 0 aliphatic carbocycles. The summed E-state index contributed by atoms with van der Waals surface area (Å²) in [5.74, 6) is 0. The highest BCUT2D eigenvalue weighted by molar-refractivity contribution is 7.27. The molecule has 0 unspecified atom stereocenters. The molecular formula is C84H60O3Si3. The molecule has 0 aromatic heterocycles. The van der Waals surface area contributed by atoms with E-state index in [-0.39, 0.29) is 0 Å². The van der Waals surface area contributed by atoms with Gasteiger partial charge < -0.3 is 12.3 Å². The summed E-state index contributed by atoms with van der Waals surface area (Å²) in [5.41, 5.74) is 19.0. The number of rotatable bonds is 12. The van der Waals surface area contributed by atoms with Gasteiger partial charge in [0.05, 0.1) is 0 Å². The summed E-state index contributed by atoms with van der Waals surface area (Å²) in [6.45, 7) is 0. The van der Waals surface area contributed by atoms with E-state index in [1.807, 2.05) is 0 Å². The van der Waals surface area contributed by atoms with Gasteiger partial charge in [-0.15, -0.1) is 0 Å². The van der Waals surface area contributed by atoms with E-state index in [1.165, 1.54) is 0 Å². The van der Waals surface area contributed by atoms with Gasteiger partial charge in [-0.25, -0.2) is 0 Å². The molecule has 4 aliphatic rings. The minimum atomic E-state index is -4.63. The Morgan fingerprint density at radius 2 is 0.222 bits per heavy atom. The van der Waals surface area contributed by atoms with Crippen molar-refractivity contribution in [3.05, 3.63) is 431 Å². The fraction of sp³-hybridized carbons (Fsp3) is 0. The fourth-order valence-electron chi connectivity index (χ4n) is 14.4. The normalized spacial score (nSPS) is 16.5. The second-order valence-electron chi connectivity index (χ2n) is 23.0. The number of hydrogen-bond donors (Lipinski definition) is 0. The summed E-state index contributed by atoms with van der Waals surface area (Å²) in [7, 11) is -13.9. The second-order valence-corrected chi connectivity index (χ2v) is 32.2. The Hall–Kier alpha value is -10.4. The summed E-state index contributed by atoms with van der Waals surface area (Å²) in [6, 6.07) is 132. The van der Waals surface area contributed by atoms with Crippen LogP contribution in [0.1, 0.15) is 66.8 Å². The number of allylic oxidation sites excluding steroid dienone is 6. The van der Waals surface area contributed by atoms with Crippen molar-refractivity contribution in [3.8, 4) is 0 Å². The maximum atomic E-state index is 9.59. The molecule has 3 spiro atoms. The van der Waals surface area contributed by atoms with Crippen molar-refractivity contribution in [1.82, 2.24) is 0 Å². The molecule has 0 saturated carbocycles. The lowest BCUT2D eigenvalue weighted by atomic mass is 9.89. The van der Waals surface area contributed by atoms with Gasteiger partial charge in [-0.1, -0.05) is 364 Å². The standard InChI is InChI=1S/C84H60O3Si3/c1-13-37-61(38-14-1)73-74(62-39-15-2-16-40-62)80(68-51-27-8-28-52-68)88(79(73)67-49-25-7-26-50-67)85-89(81(69-53-29-9-30-54-69)75(63-41-17-3-18-42-63)76(64-43-19-4-20-44-64)82(89)70-55-31-10-32-56-70)87-90(86-88)83(71-57-33-11-34-58-71)77(65-45-21-5-22-46-65)78(66-47-23-6-24-48-66)84(90)72-59-35-12-36-60-72/h1-60H. The third kappa shape index (κ3) is 9.11. The quantitative estimate of drug-likeness (QED) is 0.114. The Morgan fingerprint density at radius 3 is 0.333 bits per heavy atom. The van der Waals surface area contributed by atoms with Gasteiger partial charge in [0.2, 0.25) is 0 Å². The first-order valence-corrected chi connectivity index (χ1v) is 36.4. The molecule has 90 heavy (non-hydrogen) atoms. The fourth-order valence-corrected chi connectivity index (χ4v) is 33.4. The van der Waals surface area contributed by atoms with Gasteiger partial charge in [-0.05, 0) is 100 Å². The molecule has 0 atom stereocenters. The maximum Gasteiger partial charge on any atom is 0.392 e. The first kappa shape index (κ1) is 55.0. The monoisotopic (exact) mass is 1200 g/mol. The molecule has 16 rings (SSSR count). The Bertz CT molecular complexity index is 4010. The van der Waals surface area contributed by atoms with Gasteiger partial charge in [0.15, 0.2) is 0 Å². The molecule has 3 nitrogen and oxygen atoms in total. The predicted molar refractivity (Wildman–Crippen MR) is 379 cm³/mol. The van der Waals surface area contributed by atoms with Crippen LogP contribution in [0.5, 0.6) is 0 Å². The van der Waals surface area contributed by atoms with Crippen molar-refractivity contribution in [3.63, 3.8) is 0 Å². The van der Waals surface area contributed by atoms with Crippen LogP contribution in [-0.4, -0.2) is 25.7 Å². The number of benzene rings is 12.